The van der Waals surface area contributed by atoms with Gasteiger partial charge in [0.05, 0.1) is 0 Å². The molecule has 2 rings (SSSR count). The van der Waals surface area contributed by atoms with Crippen molar-refractivity contribution in [2.45, 2.75) is 40.2 Å². The molecule has 0 unspecified atom stereocenters. The van der Waals surface area contributed by atoms with Crippen molar-refractivity contribution in [2.75, 3.05) is 17.2 Å². The van der Waals surface area contributed by atoms with E-state index in [1.54, 1.807) is 0 Å². The van der Waals surface area contributed by atoms with Crippen molar-refractivity contribution in [1.29, 1.82) is 0 Å². The molecule has 7 nitrogen and oxygen atoms in total. The van der Waals surface area contributed by atoms with Gasteiger partial charge in [0, 0.05) is 24.7 Å². The van der Waals surface area contributed by atoms with Gasteiger partial charge in [0.25, 0.3) is 11.5 Å². The van der Waals surface area contributed by atoms with Crippen molar-refractivity contribution < 1.29 is 13.6 Å². The summed E-state index contributed by atoms with van der Waals surface area (Å²) in [6.07, 6.45) is 1.43. The molecule has 1 amide bonds. The summed E-state index contributed by atoms with van der Waals surface area (Å²) in [6, 6.07) is 2.42. The molecule has 0 aliphatic carbocycles. The number of amides is 1. The summed E-state index contributed by atoms with van der Waals surface area (Å²) in [6.45, 7) is 5.88. The van der Waals surface area contributed by atoms with Gasteiger partial charge in [-0.2, -0.15) is 0 Å². The van der Waals surface area contributed by atoms with Gasteiger partial charge in [0.1, 0.15) is 17.5 Å². The summed E-state index contributed by atoms with van der Waals surface area (Å²) in [7, 11) is 0. The molecule has 0 spiro atoms. The number of aromatic nitrogens is 2. The Morgan fingerprint density at radius 3 is 2.36 bits per heavy atom. The average Bonchev–Trinajstić information content (AvgIpc) is 2.58. The van der Waals surface area contributed by atoms with Gasteiger partial charge < -0.3 is 10.6 Å². The summed E-state index contributed by atoms with van der Waals surface area (Å²) in [4.78, 5) is 40.8. The number of rotatable bonds is 7. The monoisotopic (exact) mass is 394 g/mol. The summed E-state index contributed by atoms with van der Waals surface area (Å²) in [5.74, 6) is -2.86. The zero-order chi connectivity index (χ0) is 21.0. The number of benzene rings is 1. The van der Waals surface area contributed by atoms with E-state index in [9.17, 15) is 23.2 Å². The van der Waals surface area contributed by atoms with Gasteiger partial charge in [0.2, 0.25) is 0 Å². The third-order valence-electron chi connectivity index (χ3n) is 4.12. The quantitative estimate of drug-likeness (QED) is 0.753. The number of anilines is 2. The van der Waals surface area contributed by atoms with Crippen molar-refractivity contribution in [2.24, 2.45) is 5.92 Å². The lowest BCUT2D eigenvalue weighted by molar-refractivity contribution is 0.0982. The number of hydrogen-bond donors (Lipinski definition) is 2. The Morgan fingerprint density at radius 1 is 1.21 bits per heavy atom. The molecule has 1 aromatic carbocycles. The molecular formula is C19H24F2N4O3. The Balaban J connectivity index is 2.64. The molecule has 0 radical (unpaired) electrons. The van der Waals surface area contributed by atoms with Gasteiger partial charge >= 0.3 is 5.69 Å². The first-order valence-electron chi connectivity index (χ1n) is 9.06. The summed E-state index contributed by atoms with van der Waals surface area (Å²) in [5.41, 5.74) is 4.10. The van der Waals surface area contributed by atoms with Gasteiger partial charge in [-0.05, 0) is 24.5 Å². The fourth-order valence-corrected chi connectivity index (χ4v) is 2.85. The second-order valence-electron chi connectivity index (χ2n) is 6.97. The molecule has 0 saturated carbocycles. The molecular weight excluding hydrogens is 370 g/mol. The molecule has 0 bridgehead atoms. The molecule has 3 N–H and O–H groups in total. The van der Waals surface area contributed by atoms with Crippen molar-refractivity contribution >= 4 is 17.4 Å². The van der Waals surface area contributed by atoms with Crippen LogP contribution in [0.25, 0.3) is 0 Å². The minimum atomic E-state index is -0.914. The number of H-pyrrole nitrogens is 1. The van der Waals surface area contributed by atoms with Gasteiger partial charge in [-0.15, -0.1) is 0 Å². The molecule has 2 aromatic rings. The normalized spacial score (nSPS) is 11.1. The molecule has 9 heteroatoms. The molecule has 28 heavy (non-hydrogen) atoms. The smallest absolute Gasteiger partial charge is 0.330 e. The van der Waals surface area contributed by atoms with Crippen molar-refractivity contribution in [3.63, 3.8) is 0 Å². The molecule has 1 aromatic heterocycles. The van der Waals surface area contributed by atoms with E-state index < -0.39 is 28.8 Å². The number of hydrogen-bond acceptors (Lipinski definition) is 4. The Hall–Kier alpha value is -2.97. The molecule has 152 valence electrons. The second kappa shape index (κ2) is 8.81. The predicted octanol–water partition coefficient (Wildman–Crippen LogP) is 2.50. The summed E-state index contributed by atoms with van der Waals surface area (Å²) in [5, 5.41) is 0. The number of aromatic amines is 1. The average molecular weight is 394 g/mol. The van der Waals surface area contributed by atoms with Crippen LogP contribution in [0.2, 0.25) is 0 Å². The molecule has 0 aliphatic heterocycles. The van der Waals surface area contributed by atoms with Crippen LogP contribution in [-0.2, 0) is 6.54 Å². The second-order valence-corrected chi connectivity index (χ2v) is 6.97. The third kappa shape index (κ3) is 4.65. The number of unbranched alkanes of at least 4 members (excludes halogenated alkanes) is 1. The Kier molecular flexibility index (Phi) is 6.71. The zero-order valence-electron chi connectivity index (χ0n) is 16.1. The van der Waals surface area contributed by atoms with E-state index in [-0.39, 0.29) is 36.1 Å². The molecule has 0 fully saturated rings. The fourth-order valence-electron chi connectivity index (χ4n) is 2.85. The molecule has 0 saturated heterocycles. The van der Waals surface area contributed by atoms with Gasteiger partial charge in [-0.3, -0.25) is 19.1 Å². The lowest BCUT2D eigenvalue weighted by Crippen LogP contribution is -2.42. The van der Waals surface area contributed by atoms with Gasteiger partial charge in [0.15, 0.2) is 5.69 Å². The minimum Gasteiger partial charge on any atom is -0.383 e. The molecule has 0 aliphatic rings. The first-order chi connectivity index (χ1) is 13.1. The first-order valence-corrected chi connectivity index (χ1v) is 9.06. The van der Waals surface area contributed by atoms with E-state index in [2.05, 4.69) is 4.98 Å². The van der Waals surface area contributed by atoms with Crippen LogP contribution < -0.4 is 21.9 Å². The number of carbonyl (C=O) groups excluding carboxylic acids is 1. The minimum absolute atomic E-state index is 0.0657. The van der Waals surface area contributed by atoms with Gasteiger partial charge in [-0.1, -0.05) is 27.2 Å². The first kappa shape index (κ1) is 21.3. The van der Waals surface area contributed by atoms with E-state index in [1.165, 1.54) is 4.57 Å². The van der Waals surface area contributed by atoms with E-state index >= 15 is 0 Å². The number of halogens is 2. The van der Waals surface area contributed by atoms with Crippen molar-refractivity contribution in [3.05, 3.63) is 56.2 Å². The van der Waals surface area contributed by atoms with Crippen molar-refractivity contribution in [1.82, 2.24) is 9.55 Å². The van der Waals surface area contributed by atoms with Crippen LogP contribution in [0.3, 0.4) is 0 Å². The van der Waals surface area contributed by atoms with E-state index in [4.69, 9.17) is 5.73 Å². The van der Waals surface area contributed by atoms with Crippen molar-refractivity contribution in [3.8, 4) is 0 Å². The Morgan fingerprint density at radius 2 is 1.82 bits per heavy atom. The molecule has 1 heterocycles. The van der Waals surface area contributed by atoms with Crippen LogP contribution in [0.15, 0.2) is 27.8 Å². The highest BCUT2D eigenvalue weighted by molar-refractivity contribution is 6.07. The number of nitrogen functional groups attached to an aromatic ring is 1. The largest absolute Gasteiger partial charge is 0.383 e. The number of nitrogens with two attached hydrogens (primary N) is 1. The summed E-state index contributed by atoms with van der Waals surface area (Å²) >= 11 is 0. The number of nitrogens with one attached hydrogen (secondary N) is 1. The zero-order valence-corrected chi connectivity index (χ0v) is 16.1. The highest BCUT2D eigenvalue weighted by Crippen LogP contribution is 2.22. The van der Waals surface area contributed by atoms with Crippen LogP contribution in [0, 0.1) is 17.6 Å². The lowest BCUT2D eigenvalue weighted by Gasteiger charge is -2.26. The maximum Gasteiger partial charge on any atom is 0.330 e. The molecule has 0 atom stereocenters. The van der Waals surface area contributed by atoms with E-state index in [0.717, 1.165) is 23.5 Å². The maximum absolute atomic E-state index is 13.6. The highest BCUT2D eigenvalue weighted by Gasteiger charge is 2.26. The van der Waals surface area contributed by atoms with Crippen LogP contribution in [0.4, 0.5) is 20.3 Å². The summed E-state index contributed by atoms with van der Waals surface area (Å²) < 4.78 is 28.4. The third-order valence-corrected chi connectivity index (χ3v) is 4.12. The SMILES string of the molecule is CCCCn1c(N)c(N(CC(C)C)C(=O)c2cc(F)cc(F)c2)c(=O)[nH]c1=O. The van der Waals surface area contributed by atoms with Crippen LogP contribution in [0.1, 0.15) is 44.0 Å². The van der Waals surface area contributed by atoms with Crippen LogP contribution >= 0.6 is 0 Å². The topological polar surface area (TPSA) is 101 Å². The number of nitrogens with zero attached hydrogens (tertiary/aromatic N) is 2. The number of carbonyl (C=O) groups is 1. The highest BCUT2D eigenvalue weighted by atomic mass is 19.1. The Bertz CT molecular complexity index is 962. The van der Waals surface area contributed by atoms with Crippen LogP contribution in [0.5, 0.6) is 0 Å². The lowest BCUT2D eigenvalue weighted by atomic mass is 10.1. The van der Waals surface area contributed by atoms with Gasteiger partial charge in [-0.25, -0.2) is 13.6 Å². The standard InChI is InChI=1S/C19H24F2N4O3/c1-4-5-6-24-16(22)15(17(26)23-19(24)28)25(10-11(2)3)18(27)12-7-13(20)9-14(21)8-12/h7-9,11H,4-6,10,22H2,1-3H3,(H,23,26,28). The predicted molar refractivity (Wildman–Crippen MR) is 104 cm³/mol. The van der Waals surface area contributed by atoms with E-state index in [0.29, 0.717) is 12.5 Å². The van der Waals surface area contributed by atoms with E-state index in [1.807, 2.05) is 20.8 Å². The fraction of sp³-hybridized carbons (Fsp3) is 0.421. The maximum atomic E-state index is 13.6. The Labute approximate surface area is 160 Å². The van der Waals surface area contributed by atoms with Crippen LogP contribution in [-0.4, -0.2) is 22.0 Å².